The lowest BCUT2D eigenvalue weighted by Crippen LogP contribution is -2.38. The molecular formula is C21H23N3O2. The number of anilines is 1. The van der Waals surface area contributed by atoms with Crippen molar-refractivity contribution in [2.45, 2.75) is 38.6 Å². The molecule has 1 fully saturated rings. The largest absolute Gasteiger partial charge is 0.343 e. The van der Waals surface area contributed by atoms with Crippen LogP contribution in [0, 0.1) is 6.92 Å². The monoisotopic (exact) mass is 349 g/mol. The van der Waals surface area contributed by atoms with Crippen molar-refractivity contribution in [1.82, 2.24) is 9.88 Å². The number of benzene rings is 1. The number of carbonyl (C=O) groups is 2. The highest BCUT2D eigenvalue weighted by atomic mass is 16.2. The van der Waals surface area contributed by atoms with Crippen LogP contribution in [0.25, 0.3) is 0 Å². The number of likely N-dealkylation sites (tertiary alicyclic amines) is 1. The van der Waals surface area contributed by atoms with Crippen molar-refractivity contribution in [3.63, 3.8) is 0 Å². The maximum Gasteiger partial charge on any atom is 0.260 e. The number of hydrogen-bond donors (Lipinski definition) is 0. The van der Waals surface area contributed by atoms with Gasteiger partial charge in [0.2, 0.25) is 5.91 Å². The minimum atomic E-state index is -0.337. The van der Waals surface area contributed by atoms with Crippen LogP contribution in [0.15, 0.2) is 42.6 Å². The minimum absolute atomic E-state index is 0.0756. The Morgan fingerprint density at radius 2 is 1.85 bits per heavy atom. The maximum atomic E-state index is 13.0. The Bertz CT molecular complexity index is 825. The second kappa shape index (κ2) is 6.90. The smallest absolute Gasteiger partial charge is 0.260 e. The second-order valence-corrected chi connectivity index (χ2v) is 7.11. The highest BCUT2D eigenvalue weighted by molar-refractivity contribution is 6.11. The van der Waals surface area contributed by atoms with Crippen molar-refractivity contribution < 1.29 is 9.59 Å². The molecule has 26 heavy (non-hydrogen) atoms. The van der Waals surface area contributed by atoms with Gasteiger partial charge >= 0.3 is 0 Å². The zero-order valence-electron chi connectivity index (χ0n) is 15.0. The average molecular weight is 349 g/mol. The fourth-order valence-electron chi connectivity index (χ4n) is 3.89. The van der Waals surface area contributed by atoms with E-state index in [2.05, 4.69) is 4.98 Å². The predicted molar refractivity (Wildman–Crippen MR) is 100 cm³/mol. The number of piperidine rings is 1. The minimum Gasteiger partial charge on any atom is -0.343 e. The summed E-state index contributed by atoms with van der Waals surface area (Å²) in [6.07, 6.45) is 5.29. The number of aromatic nitrogens is 1. The van der Waals surface area contributed by atoms with E-state index >= 15 is 0 Å². The van der Waals surface area contributed by atoms with Crippen LogP contribution >= 0.6 is 0 Å². The van der Waals surface area contributed by atoms with Gasteiger partial charge < -0.3 is 4.90 Å². The first-order valence-corrected chi connectivity index (χ1v) is 9.28. The quantitative estimate of drug-likeness (QED) is 0.852. The van der Waals surface area contributed by atoms with Gasteiger partial charge in [0, 0.05) is 25.0 Å². The Kier molecular flexibility index (Phi) is 4.45. The first-order valence-electron chi connectivity index (χ1n) is 9.28. The summed E-state index contributed by atoms with van der Waals surface area (Å²) in [5, 5.41) is 0. The van der Waals surface area contributed by atoms with Crippen molar-refractivity contribution in [2.75, 3.05) is 18.0 Å². The van der Waals surface area contributed by atoms with Crippen LogP contribution < -0.4 is 4.90 Å². The number of carbonyl (C=O) groups excluding carboxylic acids is 2. The summed E-state index contributed by atoms with van der Waals surface area (Å²) in [5.74, 6) is 0.0338. The number of aryl methyl sites for hydroxylation is 1. The zero-order valence-corrected chi connectivity index (χ0v) is 15.0. The molecule has 1 aromatic heterocycles. The third-order valence-corrected chi connectivity index (χ3v) is 5.30. The van der Waals surface area contributed by atoms with Crippen molar-refractivity contribution in [3.8, 4) is 0 Å². The van der Waals surface area contributed by atoms with Gasteiger partial charge in [-0.15, -0.1) is 0 Å². The molecule has 1 aromatic carbocycles. The van der Waals surface area contributed by atoms with Crippen molar-refractivity contribution in [3.05, 3.63) is 59.4 Å². The Labute approximate surface area is 153 Å². The molecule has 134 valence electrons. The molecule has 0 aliphatic carbocycles. The van der Waals surface area contributed by atoms with E-state index in [0.29, 0.717) is 11.3 Å². The van der Waals surface area contributed by atoms with Crippen LogP contribution in [0.2, 0.25) is 0 Å². The van der Waals surface area contributed by atoms with Crippen LogP contribution in [0.3, 0.4) is 0 Å². The van der Waals surface area contributed by atoms with Gasteiger partial charge in [-0.1, -0.05) is 17.7 Å². The van der Waals surface area contributed by atoms with Crippen molar-refractivity contribution in [1.29, 1.82) is 0 Å². The normalized spacial score (nSPS) is 19.6. The molecular weight excluding hydrogens is 326 g/mol. The summed E-state index contributed by atoms with van der Waals surface area (Å²) in [5.41, 5.74) is 3.26. The molecule has 5 nitrogen and oxygen atoms in total. The molecule has 2 aromatic rings. The number of amides is 2. The third-order valence-electron chi connectivity index (χ3n) is 5.30. The fraction of sp³-hybridized carbons (Fsp3) is 0.381. The molecule has 2 amide bonds. The molecule has 5 heteroatoms. The molecule has 0 bridgehead atoms. The van der Waals surface area contributed by atoms with Crippen LogP contribution in [0.4, 0.5) is 5.69 Å². The highest BCUT2D eigenvalue weighted by Crippen LogP contribution is 2.38. The molecule has 0 saturated carbocycles. The summed E-state index contributed by atoms with van der Waals surface area (Å²) in [7, 11) is 0. The van der Waals surface area contributed by atoms with E-state index in [9.17, 15) is 9.59 Å². The lowest BCUT2D eigenvalue weighted by molar-refractivity contribution is -0.132. The number of fused-ring (bicyclic) bond motifs is 1. The van der Waals surface area contributed by atoms with Crippen molar-refractivity contribution >= 4 is 17.5 Å². The van der Waals surface area contributed by atoms with Gasteiger partial charge in [-0.3, -0.25) is 19.5 Å². The summed E-state index contributed by atoms with van der Waals surface area (Å²) in [6, 6.07) is 11.1. The SMILES string of the molecule is Cc1ccc(N2C(=O)c3cccnc3C2CC(=O)N2CCCCC2)cc1. The number of hydrogen-bond acceptors (Lipinski definition) is 3. The molecule has 3 heterocycles. The van der Waals surface area contributed by atoms with Gasteiger partial charge in [-0.05, 0) is 50.5 Å². The summed E-state index contributed by atoms with van der Waals surface area (Å²) < 4.78 is 0. The highest BCUT2D eigenvalue weighted by Gasteiger charge is 2.40. The molecule has 0 radical (unpaired) electrons. The first kappa shape index (κ1) is 16.8. The first-order chi connectivity index (χ1) is 12.6. The third kappa shape index (κ3) is 2.98. The van der Waals surface area contributed by atoms with E-state index in [1.807, 2.05) is 36.1 Å². The Morgan fingerprint density at radius 1 is 1.12 bits per heavy atom. The van der Waals surface area contributed by atoms with Crippen LogP contribution in [0.5, 0.6) is 0 Å². The molecule has 2 aliphatic heterocycles. The van der Waals surface area contributed by atoms with Gasteiger partial charge in [0.05, 0.1) is 23.7 Å². The van der Waals surface area contributed by atoms with Crippen LogP contribution in [0.1, 0.15) is 53.3 Å². The van der Waals surface area contributed by atoms with Gasteiger partial charge in [0.25, 0.3) is 5.91 Å². The van der Waals surface area contributed by atoms with Crippen LogP contribution in [-0.2, 0) is 4.79 Å². The second-order valence-electron chi connectivity index (χ2n) is 7.11. The maximum absolute atomic E-state index is 13.0. The van der Waals surface area contributed by atoms with E-state index in [-0.39, 0.29) is 24.3 Å². The molecule has 0 spiro atoms. The van der Waals surface area contributed by atoms with Gasteiger partial charge in [0.15, 0.2) is 0 Å². The molecule has 2 aliphatic rings. The van der Waals surface area contributed by atoms with E-state index in [1.165, 1.54) is 6.42 Å². The molecule has 4 rings (SSSR count). The Balaban J connectivity index is 1.66. The average Bonchev–Trinajstić information content (AvgIpc) is 2.95. The van der Waals surface area contributed by atoms with Crippen LogP contribution in [-0.4, -0.2) is 34.8 Å². The number of rotatable bonds is 3. The number of pyridine rings is 1. The van der Waals surface area contributed by atoms with E-state index in [4.69, 9.17) is 0 Å². The molecule has 1 saturated heterocycles. The predicted octanol–water partition coefficient (Wildman–Crippen LogP) is 3.49. The summed E-state index contributed by atoms with van der Waals surface area (Å²) in [4.78, 5) is 34.0. The zero-order chi connectivity index (χ0) is 18.1. The summed E-state index contributed by atoms with van der Waals surface area (Å²) >= 11 is 0. The lowest BCUT2D eigenvalue weighted by Gasteiger charge is -2.30. The molecule has 1 unspecified atom stereocenters. The standard InChI is InChI=1S/C21H23N3O2/c1-15-7-9-16(10-8-15)24-18(14-19(25)23-12-3-2-4-13-23)20-17(21(24)26)6-5-11-22-20/h5-11,18H,2-4,12-14H2,1H3. The van der Waals surface area contributed by atoms with E-state index < -0.39 is 0 Å². The summed E-state index contributed by atoms with van der Waals surface area (Å²) in [6.45, 7) is 3.65. The topological polar surface area (TPSA) is 53.5 Å². The Morgan fingerprint density at radius 3 is 2.58 bits per heavy atom. The lowest BCUT2D eigenvalue weighted by atomic mass is 10.1. The fourth-order valence-corrected chi connectivity index (χ4v) is 3.89. The molecule has 0 N–H and O–H groups in total. The van der Waals surface area contributed by atoms with Crippen molar-refractivity contribution in [2.24, 2.45) is 0 Å². The molecule has 1 atom stereocenters. The van der Waals surface area contributed by atoms with Gasteiger partial charge in [-0.25, -0.2) is 0 Å². The van der Waals surface area contributed by atoms with Gasteiger partial charge in [-0.2, -0.15) is 0 Å². The van der Waals surface area contributed by atoms with E-state index in [0.717, 1.165) is 37.2 Å². The Hall–Kier alpha value is -2.69. The van der Waals surface area contributed by atoms with E-state index in [1.54, 1.807) is 23.2 Å². The number of nitrogens with zero attached hydrogens (tertiary/aromatic N) is 3. The van der Waals surface area contributed by atoms with Gasteiger partial charge in [0.1, 0.15) is 0 Å².